The maximum absolute atomic E-state index is 12.4. The summed E-state index contributed by atoms with van der Waals surface area (Å²) in [5, 5.41) is 1.16. The number of nitrogens with zero attached hydrogens (tertiary/aromatic N) is 2. The van der Waals surface area contributed by atoms with Gasteiger partial charge in [0.15, 0.2) is 0 Å². The number of hydrogen-bond acceptors (Lipinski definition) is 9. The molecule has 54 heavy (non-hydrogen) atoms. The molecule has 0 saturated carbocycles. The van der Waals surface area contributed by atoms with Gasteiger partial charge in [0.25, 0.3) is 11.8 Å². The molecule has 2 fully saturated rings. The van der Waals surface area contributed by atoms with Crippen LogP contribution in [0.5, 0.6) is 5.75 Å². The van der Waals surface area contributed by atoms with Crippen LogP contribution in [0, 0.1) is 0 Å². The zero-order valence-electron chi connectivity index (χ0n) is 31.9. The molecule has 3 aromatic carbocycles. The van der Waals surface area contributed by atoms with Crippen LogP contribution in [0.4, 0.5) is 0 Å². The minimum absolute atomic E-state index is 0.0734. The van der Waals surface area contributed by atoms with E-state index >= 15 is 0 Å². The van der Waals surface area contributed by atoms with Gasteiger partial charge in [-0.3, -0.25) is 9.59 Å². The van der Waals surface area contributed by atoms with Crippen LogP contribution in [0.25, 0.3) is 0 Å². The zero-order valence-corrected chi connectivity index (χ0v) is 34.8. The van der Waals surface area contributed by atoms with Crippen molar-refractivity contribution in [2.24, 2.45) is 0 Å². The van der Waals surface area contributed by atoms with Crippen molar-refractivity contribution in [3.8, 4) is 5.75 Å². The average molecular weight is 848 g/mol. The van der Waals surface area contributed by atoms with Gasteiger partial charge in [0.05, 0.1) is 12.7 Å². The number of para-hydroxylation sites is 1. The van der Waals surface area contributed by atoms with Crippen LogP contribution < -0.4 is 8.32 Å². The van der Waals surface area contributed by atoms with Crippen molar-refractivity contribution in [3.63, 3.8) is 0 Å². The van der Waals surface area contributed by atoms with Crippen LogP contribution >= 0.6 is 0 Å². The minimum atomic E-state index is -2.52. The maximum atomic E-state index is 12.4. The van der Waals surface area contributed by atoms with E-state index in [4.69, 9.17) is 14.4 Å². The molecule has 2 aliphatic heterocycles. The number of amides is 4. The van der Waals surface area contributed by atoms with Crippen LogP contribution in [0.1, 0.15) is 117 Å². The first-order chi connectivity index (χ1) is 26.0. The van der Waals surface area contributed by atoms with Crippen molar-refractivity contribution in [2.45, 2.75) is 105 Å². The second kappa shape index (κ2) is 20.8. The molecule has 0 bridgehead atoms. The molecule has 2 saturated heterocycles. The largest absolute Gasteiger partial charge is 0.496 e. The fraction of sp³-hybridized carbons (Fsp3) is 0.429. The number of unbranched alkanes of at least 4 members (excludes halogenated alkanes) is 3. The molecule has 12 heteroatoms. The van der Waals surface area contributed by atoms with Gasteiger partial charge in [-0.05, 0) is 29.3 Å². The first kappa shape index (κ1) is 42.2. The van der Waals surface area contributed by atoms with E-state index in [2.05, 4.69) is 32.9 Å². The van der Waals surface area contributed by atoms with Crippen molar-refractivity contribution < 1.29 is 43.2 Å². The van der Waals surface area contributed by atoms with E-state index in [-0.39, 0.29) is 31.2 Å². The molecule has 0 spiro atoms. The second-order valence-electron chi connectivity index (χ2n) is 13.8. The molecule has 3 aromatic rings. The van der Waals surface area contributed by atoms with Gasteiger partial charge < -0.3 is 9.57 Å². The number of carbonyl (C=O) groups is 6. The summed E-state index contributed by atoms with van der Waals surface area (Å²) < 4.78 is 10.9. The predicted octanol–water partition coefficient (Wildman–Crippen LogP) is 7.47. The quantitative estimate of drug-likeness (QED) is 0.100. The summed E-state index contributed by atoms with van der Waals surface area (Å²) >= 11 is -2.52. The van der Waals surface area contributed by atoms with Crippen molar-refractivity contribution in [1.29, 1.82) is 0 Å². The van der Waals surface area contributed by atoms with Gasteiger partial charge in [0.2, 0.25) is 0 Å². The smallest absolute Gasteiger partial charge is 0.363 e. The number of methoxy groups -OCH3 is 1. The van der Waals surface area contributed by atoms with Crippen molar-refractivity contribution in [2.75, 3.05) is 7.11 Å². The van der Waals surface area contributed by atoms with Crippen LogP contribution in [-0.4, -0.2) is 71.2 Å². The van der Waals surface area contributed by atoms with E-state index in [0.717, 1.165) is 16.9 Å². The van der Waals surface area contributed by atoms with Gasteiger partial charge in [0, 0.05) is 19.3 Å². The van der Waals surface area contributed by atoms with E-state index in [1.54, 1.807) is 31.4 Å². The number of imide groups is 2. The van der Waals surface area contributed by atoms with Crippen molar-refractivity contribution >= 4 is 57.5 Å². The number of ether oxygens (including phenoxy) is 1. The minimum Gasteiger partial charge on any atom is -0.496 e. The molecule has 0 unspecified atom stereocenters. The van der Waals surface area contributed by atoms with Gasteiger partial charge in [0.1, 0.15) is 5.75 Å². The Labute approximate surface area is 322 Å². The second-order valence-corrected chi connectivity index (χ2v) is 27.0. The summed E-state index contributed by atoms with van der Waals surface area (Å²) in [5.41, 5.74) is 2.70. The molecule has 4 amide bonds. The maximum Gasteiger partial charge on any atom is 0.363 e. The first-order valence-corrected chi connectivity index (χ1v) is 26.5. The molecule has 0 radical (unpaired) electrons. The molecule has 2 aliphatic rings. The summed E-state index contributed by atoms with van der Waals surface area (Å²) in [6, 6.07) is 22.4. The monoisotopic (exact) mass is 848 g/mol. The summed E-state index contributed by atoms with van der Waals surface area (Å²) in [4.78, 5) is 80.8. The zero-order chi connectivity index (χ0) is 39.1. The normalized spacial score (nSPS) is 14.2. The Morgan fingerprint density at radius 1 is 0.593 bits per heavy atom. The van der Waals surface area contributed by atoms with Gasteiger partial charge in [-0.25, -0.2) is 4.79 Å². The van der Waals surface area contributed by atoms with E-state index < -0.39 is 53.9 Å². The number of carbonyl (C=O) groups excluding carboxylic acids is 6. The molecule has 0 N–H and O–H groups in total. The van der Waals surface area contributed by atoms with Crippen LogP contribution in [-0.2, 0) is 35.3 Å². The van der Waals surface area contributed by atoms with E-state index in [9.17, 15) is 28.8 Å². The molecular weight excluding hydrogens is 795 g/mol. The van der Waals surface area contributed by atoms with Gasteiger partial charge >= 0.3 is 185 Å². The van der Waals surface area contributed by atoms with Crippen molar-refractivity contribution in [1.82, 2.24) is 10.1 Å². The predicted molar refractivity (Wildman–Crippen MR) is 206 cm³/mol. The van der Waals surface area contributed by atoms with Crippen LogP contribution in [0.3, 0.4) is 0 Å². The molecule has 2 heterocycles. The summed E-state index contributed by atoms with van der Waals surface area (Å²) in [6.07, 6.45) is 8.53. The molecular formula is C42H52N2O9Sn. The number of rotatable bonds is 17. The van der Waals surface area contributed by atoms with E-state index in [1.807, 2.05) is 36.4 Å². The van der Waals surface area contributed by atoms with Crippen molar-refractivity contribution in [3.05, 3.63) is 95.1 Å². The number of benzene rings is 3. The Kier molecular flexibility index (Phi) is 16.3. The van der Waals surface area contributed by atoms with E-state index in [0.29, 0.717) is 22.1 Å². The Morgan fingerprint density at radius 2 is 1.00 bits per heavy atom. The molecule has 0 aromatic heterocycles. The summed E-state index contributed by atoms with van der Waals surface area (Å²) in [7, 11) is 1.62. The Bertz CT molecular complexity index is 1720. The van der Waals surface area contributed by atoms with Gasteiger partial charge in [-0.2, -0.15) is 0 Å². The summed E-state index contributed by atoms with van der Waals surface area (Å²) in [6.45, 7) is 6.78. The number of hydrogen-bond donors (Lipinski definition) is 0. The molecule has 0 atom stereocenters. The Balaban J connectivity index is 0.000000243. The van der Waals surface area contributed by atoms with Gasteiger partial charge in [-0.15, -0.1) is 5.06 Å². The number of hydroxylamine groups is 4. The van der Waals surface area contributed by atoms with Crippen LogP contribution in [0.15, 0.2) is 72.8 Å². The van der Waals surface area contributed by atoms with Gasteiger partial charge in [-0.1, -0.05) is 30.3 Å². The standard InChI is InChI=1S/C19H17NO5.C11H8NO4.3C4H9.Sn/c1-24-16-5-3-2-4-15(16)12-13-6-8-14(9-7-13)19(23)25-20-17(21)10-11-18(20)22;13-9-6-7-10(14)12(9)16-11(15)8-4-2-1-3-5-8;3*1-3-4-2;/h2-9H,10-12H2,1H3;2-5H,6-7H2;3*1,3-4H2,2H3;. The SMILES string of the molecule is CCC[CH2][Sn]([CH2]CCC)([CH2]CCC)[c]1ccc(C(=O)ON2C(=O)CCC2=O)cc1.COc1ccccc1Cc1ccc(C(=O)ON2C(=O)CCC2=O)cc1. The topological polar surface area (TPSA) is 137 Å². The van der Waals surface area contributed by atoms with Crippen LogP contribution in [0.2, 0.25) is 13.3 Å². The molecule has 0 aliphatic carbocycles. The fourth-order valence-corrected chi connectivity index (χ4v) is 22.7. The fourth-order valence-electron chi connectivity index (χ4n) is 6.73. The molecule has 11 nitrogen and oxygen atoms in total. The third kappa shape index (κ3) is 11.3. The summed E-state index contributed by atoms with van der Waals surface area (Å²) in [5.74, 6) is -2.46. The first-order valence-electron chi connectivity index (χ1n) is 19.0. The third-order valence-corrected chi connectivity index (χ3v) is 25.6. The Hall–Kier alpha value is -4.52. The molecule has 288 valence electrons. The Morgan fingerprint density at radius 3 is 1.41 bits per heavy atom. The molecule has 5 rings (SSSR count). The third-order valence-electron chi connectivity index (χ3n) is 9.90. The average Bonchev–Trinajstić information content (AvgIpc) is 3.68. The van der Waals surface area contributed by atoms with E-state index in [1.165, 1.54) is 55.4 Å².